The first kappa shape index (κ1) is 13.2. The Bertz CT molecular complexity index is 454. The first-order valence-corrected chi connectivity index (χ1v) is 7.49. The first-order valence-electron chi connectivity index (χ1n) is 7.11. The molecule has 0 spiro atoms. The van der Waals surface area contributed by atoms with Crippen molar-refractivity contribution in [2.45, 2.75) is 32.4 Å². The highest BCUT2D eigenvalue weighted by molar-refractivity contribution is 6.32. The topological polar surface area (TPSA) is 24.5 Å². The molecule has 4 heteroatoms. The van der Waals surface area contributed by atoms with Crippen LogP contribution in [0.3, 0.4) is 0 Å². The van der Waals surface area contributed by atoms with E-state index in [9.17, 15) is 0 Å². The molecule has 1 heterocycles. The Morgan fingerprint density at radius 1 is 1.32 bits per heavy atom. The van der Waals surface area contributed by atoms with Crippen LogP contribution in [0.4, 0.5) is 0 Å². The quantitative estimate of drug-likeness (QED) is 0.918. The molecule has 1 aromatic carbocycles. The molecule has 19 heavy (non-hydrogen) atoms. The van der Waals surface area contributed by atoms with Crippen molar-refractivity contribution in [2.75, 3.05) is 26.2 Å². The molecular weight excluding hydrogens is 260 g/mol. The zero-order valence-electron chi connectivity index (χ0n) is 11.4. The third kappa shape index (κ3) is 3.41. The zero-order valence-corrected chi connectivity index (χ0v) is 12.2. The summed E-state index contributed by atoms with van der Waals surface area (Å²) >= 11 is 6.37. The van der Waals surface area contributed by atoms with Gasteiger partial charge in [0.2, 0.25) is 0 Å². The van der Waals surface area contributed by atoms with E-state index in [4.69, 9.17) is 16.3 Å². The van der Waals surface area contributed by atoms with Crippen LogP contribution in [0.5, 0.6) is 5.75 Å². The van der Waals surface area contributed by atoms with Gasteiger partial charge in [-0.1, -0.05) is 17.7 Å². The van der Waals surface area contributed by atoms with Crippen molar-refractivity contribution in [3.8, 4) is 5.75 Å². The molecule has 1 aliphatic carbocycles. The molecule has 0 unspecified atom stereocenters. The molecule has 1 aliphatic heterocycles. The third-order valence-corrected chi connectivity index (χ3v) is 3.96. The van der Waals surface area contributed by atoms with Gasteiger partial charge in [0.1, 0.15) is 5.75 Å². The fourth-order valence-electron chi connectivity index (χ4n) is 2.51. The van der Waals surface area contributed by atoms with E-state index in [0.717, 1.165) is 56.3 Å². The van der Waals surface area contributed by atoms with Gasteiger partial charge in [0.25, 0.3) is 0 Å². The number of aryl methyl sites for hydroxylation is 1. The van der Waals surface area contributed by atoms with Crippen LogP contribution >= 0.6 is 11.6 Å². The number of hydrogen-bond acceptors (Lipinski definition) is 3. The second-order valence-corrected chi connectivity index (χ2v) is 5.99. The highest BCUT2D eigenvalue weighted by atomic mass is 35.5. The molecule has 2 fully saturated rings. The molecule has 0 aromatic heterocycles. The van der Waals surface area contributed by atoms with Gasteiger partial charge >= 0.3 is 0 Å². The number of hydrogen-bond donors (Lipinski definition) is 1. The minimum Gasteiger partial charge on any atom is -0.489 e. The second-order valence-electron chi connectivity index (χ2n) is 5.58. The highest BCUT2D eigenvalue weighted by Gasteiger charge is 2.26. The van der Waals surface area contributed by atoms with Gasteiger partial charge in [0.15, 0.2) is 0 Å². The predicted octanol–water partition coefficient (Wildman–Crippen LogP) is 2.59. The predicted molar refractivity (Wildman–Crippen MR) is 78.0 cm³/mol. The fourth-order valence-corrected chi connectivity index (χ4v) is 2.85. The van der Waals surface area contributed by atoms with Crippen molar-refractivity contribution in [2.24, 2.45) is 0 Å². The van der Waals surface area contributed by atoms with E-state index < -0.39 is 0 Å². The molecule has 3 nitrogen and oxygen atoms in total. The van der Waals surface area contributed by atoms with Crippen molar-refractivity contribution in [1.82, 2.24) is 10.2 Å². The maximum atomic E-state index is 6.37. The van der Waals surface area contributed by atoms with Crippen molar-refractivity contribution >= 4 is 11.6 Å². The Kier molecular flexibility index (Phi) is 3.96. The Morgan fingerprint density at radius 2 is 2.05 bits per heavy atom. The standard InChI is InChI=1S/C15H21ClN2O/c1-11-8-12(10-18-6-4-17-5-7-18)15(14(16)9-11)19-13-2-3-13/h8-9,13,17H,2-7,10H2,1H3. The lowest BCUT2D eigenvalue weighted by molar-refractivity contribution is 0.226. The second kappa shape index (κ2) is 5.70. The van der Waals surface area contributed by atoms with Crippen LogP contribution in [-0.4, -0.2) is 37.2 Å². The number of nitrogens with one attached hydrogen (secondary N) is 1. The zero-order chi connectivity index (χ0) is 13.2. The number of piperazine rings is 1. The summed E-state index contributed by atoms with van der Waals surface area (Å²) in [5, 5.41) is 4.14. The van der Waals surface area contributed by atoms with Crippen LogP contribution in [0.2, 0.25) is 5.02 Å². The Hall–Kier alpha value is -0.770. The summed E-state index contributed by atoms with van der Waals surface area (Å²) in [6, 6.07) is 4.21. The van der Waals surface area contributed by atoms with Gasteiger partial charge in [0, 0.05) is 38.3 Å². The van der Waals surface area contributed by atoms with Crippen molar-refractivity contribution in [1.29, 1.82) is 0 Å². The van der Waals surface area contributed by atoms with Crippen LogP contribution in [0.15, 0.2) is 12.1 Å². The van der Waals surface area contributed by atoms with Gasteiger partial charge in [-0.15, -0.1) is 0 Å². The largest absolute Gasteiger partial charge is 0.489 e. The molecule has 1 saturated heterocycles. The number of rotatable bonds is 4. The Labute approximate surface area is 119 Å². The van der Waals surface area contributed by atoms with E-state index in [1.165, 1.54) is 11.1 Å². The number of halogens is 1. The smallest absolute Gasteiger partial charge is 0.142 e. The molecule has 1 aromatic rings. The summed E-state index contributed by atoms with van der Waals surface area (Å²) < 4.78 is 6.01. The van der Waals surface area contributed by atoms with E-state index in [1.807, 2.05) is 6.07 Å². The molecule has 2 aliphatic rings. The SMILES string of the molecule is Cc1cc(Cl)c(OC2CC2)c(CN2CCNCC2)c1. The molecule has 3 rings (SSSR count). The molecule has 0 bridgehead atoms. The van der Waals surface area contributed by atoms with Crippen LogP contribution in [0.1, 0.15) is 24.0 Å². The van der Waals surface area contributed by atoms with Crippen LogP contribution in [-0.2, 0) is 6.54 Å². The van der Waals surface area contributed by atoms with E-state index >= 15 is 0 Å². The molecule has 0 amide bonds. The van der Waals surface area contributed by atoms with Crippen LogP contribution in [0, 0.1) is 6.92 Å². The van der Waals surface area contributed by atoms with Crippen molar-refractivity contribution < 1.29 is 4.74 Å². The molecule has 1 saturated carbocycles. The number of nitrogens with zero attached hydrogens (tertiary/aromatic N) is 1. The summed E-state index contributed by atoms with van der Waals surface area (Å²) in [5.74, 6) is 0.910. The normalized spacial score (nSPS) is 20.5. The van der Waals surface area contributed by atoms with E-state index in [2.05, 4.69) is 23.2 Å². The lowest BCUT2D eigenvalue weighted by Gasteiger charge is -2.28. The van der Waals surface area contributed by atoms with Crippen molar-refractivity contribution in [3.63, 3.8) is 0 Å². The number of ether oxygens (including phenoxy) is 1. The van der Waals surface area contributed by atoms with Crippen LogP contribution < -0.4 is 10.1 Å². The summed E-state index contributed by atoms with van der Waals surface area (Å²) in [7, 11) is 0. The minimum absolute atomic E-state index is 0.391. The van der Waals surface area contributed by atoms with Gasteiger partial charge < -0.3 is 10.1 Å². The summed E-state index contributed by atoms with van der Waals surface area (Å²) in [4.78, 5) is 2.46. The Balaban J connectivity index is 1.80. The third-order valence-electron chi connectivity index (χ3n) is 3.68. The van der Waals surface area contributed by atoms with Gasteiger partial charge in [-0.05, 0) is 31.4 Å². The van der Waals surface area contributed by atoms with Gasteiger partial charge in [0.05, 0.1) is 11.1 Å². The lowest BCUT2D eigenvalue weighted by atomic mass is 10.1. The molecule has 1 N–H and O–H groups in total. The summed E-state index contributed by atoms with van der Waals surface area (Å²) in [5.41, 5.74) is 2.44. The first-order chi connectivity index (χ1) is 9.22. The van der Waals surface area contributed by atoms with Gasteiger partial charge in [-0.2, -0.15) is 0 Å². The highest BCUT2D eigenvalue weighted by Crippen LogP contribution is 2.36. The van der Waals surface area contributed by atoms with Gasteiger partial charge in [-0.3, -0.25) is 4.90 Å². The average Bonchev–Trinajstić information content (AvgIpc) is 3.19. The average molecular weight is 281 g/mol. The van der Waals surface area contributed by atoms with E-state index in [1.54, 1.807) is 0 Å². The maximum Gasteiger partial charge on any atom is 0.142 e. The van der Waals surface area contributed by atoms with Crippen LogP contribution in [0.25, 0.3) is 0 Å². The monoisotopic (exact) mass is 280 g/mol. The molecule has 104 valence electrons. The lowest BCUT2D eigenvalue weighted by Crippen LogP contribution is -2.42. The molecule has 0 atom stereocenters. The number of benzene rings is 1. The van der Waals surface area contributed by atoms with Gasteiger partial charge in [-0.25, -0.2) is 0 Å². The fraction of sp³-hybridized carbons (Fsp3) is 0.600. The Morgan fingerprint density at radius 3 is 2.74 bits per heavy atom. The van der Waals surface area contributed by atoms with E-state index in [-0.39, 0.29) is 0 Å². The molecular formula is C15H21ClN2O. The maximum absolute atomic E-state index is 6.37. The van der Waals surface area contributed by atoms with E-state index in [0.29, 0.717) is 6.10 Å². The summed E-state index contributed by atoms with van der Waals surface area (Å²) in [6.45, 7) is 7.35. The van der Waals surface area contributed by atoms with Crippen molar-refractivity contribution in [3.05, 3.63) is 28.3 Å². The molecule has 0 radical (unpaired) electrons. The minimum atomic E-state index is 0.391. The summed E-state index contributed by atoms with van der Waals surface area (Å²) in [6.07, 6.45) is 2.72.